The Morgan fingerprint density at radius 2 is 1.81 bits per heavy atom. The quantitative estimate of drug-likeness (QED) is 0.295. The van der Waals surface area contributed by atoms with Gasteiger partial charge >= 0.3 is 12.1 Å². The zero-order valence-corrected chi connectivity index (χ0v) is 16.6. The van der Waals surface area contributed by atoms with E-state index in [1.165, 1.54) is 6.92 Å². The highest BCUT2D eigenvalue weighted by Crippen LogP contribution is 2.29. The molecule has 0 saturated heterocycles. The van der Waals surface area contributed by atoms with Gasteiger partial charge in [0.25, 0.3) is 0 Å². The number of rotatable bonds is 13. The van der Waals surface area contributed by atoms with Gasteiger partial charge in [-0.1, -0.05) is 33.8 Å². The van der Waals surface area contributed by atoms with E-state index in [1.54, 1.807) is 0 Å². The summed E-state index contributed by atoms with van der Waals surface area (Å²) in [5.74, 6) is -0.576. The van der Waals surface area contributed by atoms with Crippen LogP contribution in [0.15, 0.2) is 12.7 Å². The number of alkyl carbamates (subject to hydrolysis) is 1. The molecule has 26 heavy (non-hydrogen) atoms. The zero-order valence-electron chi connectivity index (χ0n) is 16.6. The summed E-state index contributed by atoms with van der Waals surface area (Å²) in [7, 11) is 0. The van der Waals surface area contributed by atoms with E-state index in [1.807, 2.05) is 6.92 Å². The molecule has 2 atom stereocenters. The summed E-state index contributed by atoms with van der Waals surface area (Å²) in [5.41, 5.74) is -0.00167. The highest BCUT2D eigenvalue weighted by Gasteiger charge is 2.25. The molecule has 2 N–H and O–H groups in total. The van der Waals surface area contributed by atoms with E-state index in [0.717, 1.165) is 38.2 Å². The minimum Gasteiger partial charge on any atom is -0.459 e. The maximum absolute atomic E-state index is 11.8. The molecular weight excluding hydrogens is 336 g/mol. The van der Waals surface area contributed by atoms with Gasteiger partial charge in [-0.15, -0.1) is 0 Å². The highest BCUT2D eigenvalue weighted by molar-refractivity contribution is 5.81. The van der Waals surface area contributed by atoms with Gasteiger partial charge < -0.3 is 20.1 Å². The van der Waals surface area contributed by atoms with Crippen molar-refractivity contribution in [3.05, 3.63) is 12.7 Å². The van der Waals surface area contributed by atoms with Crippen LogP contribution in [0.4, 0.5) is 4.79 Å². The Kier molecular flexibility index (Phi) is 12.2. The smallest absolute Gasteiger partial charge is 0.407 e. The molecule has 0 aliphatic carbocycles. The number of carbonyl (C=O) groups is 3. The lowest BCUT2D eigenvalue weighted by molar-refractivity contribution is -0.138. The van der Waals surface area contributed by atoms with E-state index in [0.29, 0.717) is 6.54 Å². The molecule has 2 amide bonds. The van der Waals surface area contributed by atoms with Crippen LogP contribution in [0.1, 0.15) is 59.8 Å². The Labute approximate surface area is 156 Å². The van der Waals surface area contributed by atoms with E-state index in [-0.39, 0.29) is 30.6 Å². The highest BCUT2D eigenvalue weighted by atomic mass is 16.6. The normalized spacial score (nSPS) is 13.8. The van der Waals surface area contributed by atoms with Crippen molar-refractivity contribution in [1.29, 1.82) is 0 Å². The topological polar surface area (TPSA) is 93.7 Å². The summed E-state index contributed by atoms with van der Waals surface area (Å²) in [5, 5.41) is 5.74. The van der Waals surface area contributed by atoms with E-state index in [9.17, 15) is 14.4 Å². The molecule has 0 aliphatic rings. The van der Waals surface area contributed by atoms with Crippen molar-refractivity contribution in [3.63, 3.8) is 0 Å². The first-order valence-electron chi connectivity index (χ1n) is 9.23. The molecule has 0 heterocycles. The van der Waals surface area contributed by atoms with Crippen LogP contribution < -0.4 is 10.6 Å². The number of carbonyl (C=O) groups excluding carboxylic acids is 3. The maximum Gasteiger partial charge on any atom is 0.407 e. The van der Waals surface area contributed by atoms with Gasteiger partial charge in [0, 0.05) is 25.6 Å². The average Bonchev–Trinajstić information content (AvgIpc) is 2.60. The molecule has 7 nitrogen and oxygen atoms in total. The van der Waals surface area contributed by atoms with Crippen molar-refractivity contribution in [3.8, 4) is 0 Å². The van der Waals surface area contributed by atoms with Crippen LogP contribution in [0.5, 0.6) is 0 Å². The Bertz CT molecular complexity index is 467. The van der Waals surface area contributed by atoms with E-state index in [2.05, 4.69) is 31.1 Å². The Morgan fingerprint density at radius 3 is 2.35 bits per heavy atom. The van der Waals surface area contributed by atoms with E-state index < -0.39 is 12.1 Å². The standard InChI is InChI=1S/C19H34N2O5/c1-6-10-19(5,14-20-15(4)22)11-9-16(7-2)21-18(24)26-13-12-25-17(23)8-3/h8,16H,3,6-7,9-14H2,1-2,4-5H3,(H,20,22)(H,21,24). The maximum atomic E-state index is 11.8. The van der Waals surface area contributed by atoms with Gasteiger partial charge in [-0.2, -0.15) is 0 Å². The van der Waals surface area contributed by atoms with E-state index >= 15 is 0 Å². The first-order valence-corrected chi connectivity index (χ1v) is 9.23. The van der Waals surface area contributed by atoms with Crippen molar-refractivity contribution in [1.82, 2.24) is 10.6 Å². The molecule has 0 saturated carbocycles. The monoisotopic (exact) mass is 370 g/mol. The lowest BCUT2D eigenvalue weighted by atomic mass is 9.79. The lowest BCUT2D eigenvalue weighted by Crippen LogP contribution is -2.39. The molecule has 7 heteroatoms. The molecule has 0 aliphatic heterocycles. The first kappa shape index (κ1) is 23.9. The third kappa shape index (κ3) is 11.5. The van der Waals surface area contributed by atoms with Crippen LogP contribution in [0.25, 0.3) is 0 Å². The number of esters is 1. The summed E-state index contributed by atoms with van der Waals surface area (Å²) >= 11 is 0. The SMILES string of the molecule is C=CC(=O)OCCOC(=O)NC(CC)CCC(C)(CCC)CNC(C)=O. The van der Waals surface area contributed by atoms with Gasteiger partial charge in [0.2, 0.25) is 5.91 Å². The molecule has 0 bridgehead atoms. The summed E-state index contributed by atoms with van der Waals surface area (Å²) in [6, 6.07) is -0.00765. The zero-order chi connectivity index (χ0) is 20.0. The fraction of sp³-hybridized carbons (Fsp3) is 0.737. The molecule has 0 aromatic carbocycles. The van der Waals surface area contributed by atoms with Crippen LogP contribution in [0.3, 0.4) is 0 Å². The second-order valence-electron chi connectivity index (χ2n) is 6.77. The minimum absolute atomic E-state index is 0.000349. The van der Waals surface area contributed by atoms with Crippen molar-refractivity contribution in [2.24, 2.45) is 5.41 Å². The summed E-state index contributed by atoms with van der Waals surface area (Å²) < 4.78 is 9.75. The third-order valence-corrected chi connectivity index (χ3v) is 4.26. The fourth-order valence-corrected chi connectivity index (χ4v) is 2.69. The number of ether oxygens (including phenoxy) is 2. The van der Waals surface area contributed by atoms with Crippen molar-refractivity contribution in [2.75, 3.05) is 19.8 Å². The van der Waals surface area contributed by atoms with Crippen LogP contribution >= 0.6 is 0 Å². The average molecular weight is 370 g/mol. The van der Waals surface area contributed by atoms with Gasteiger partial charge in [-0.25, -0.2) is 9.59 Å². The molecule has 2 unspecified atom stereocenters. The second-order valence-corrected chi connectivity index (χ2v) is 6.77. The summed E-state index contributed by atoms with van der Waals surface area (Å²) in [6.07, 6.45) is 5.04. The van der Waals surface area contributed by atoms with Crippen LogP contribution in [-0.2, 0) is 19.1 Å². The van der Waals surface area contributed by atoms with Crippen molar-refractivity contribution in [2.45, 2.75) is 65.8 Å². The molecule has 0 spiro atoms. The van der Waals surface area contributed by atoms with Crippen molar-refractivity contribution < 1.29 is 23.9 Å². The van der Waals surface area contributed by atoms with Gasteiger partial charge in [0.15, 0.2) is 0 Å². The van der Waals surface area contributed by atoms with E-state index in [4.69, 9.17) is 9.47 Å². The predicted molar refractivity (Wildman–Crippen MR) is 101 cm³/mol. The van der Waals surface area contributed by atoms with Gasteiger partial charge in [-0.3, -0.25) is 4.79 Å². The van der Waals surface area contributed by atoms with Gasteiger partial charge in [0.1, 0.15) is 13.2 Å². The Balaban J connectivity index is 4.32. The molecule has 0 fully saturated rings. The number of nitrogens with one attached hydrogen (secondary N) is 2. The van der Waals surface area contributed by atoms with Gasteiger partial charge in [-0.05, 0) is 31.1 Å². The van der Waals surface area contributed by atoms with Crippen LogP contribution in [0.2, 0.25) is 0 Å². The van der Waals surface area contributed by atoms with Gasteiger partial charge in [0.05, 0.1) is 0 Å². The molecule has 0 rings (SSSR count). The fourth-order valence-electron chi connectivity index (χ4n) is 2.69. The third-order valence-electron chi connectivity index (χ3n) is 4.26. The van der Waals surface area contributed by atoms with Crippen molar-refractivity contribution >= 4 is 18.0 Å². The number of amides is 2. The summed E-state index contributed by atoms with van der Waals surface area (Å²) in [4.78, 5) is 33.9. The van der Waals surface area contributed by atoms with Crippen LogP contribution in [0, 0.1) is 5.41 Å². The molecule has 150 valence electrons. The lowest BCUT2D eigenvalue weighted by Gasteiger charge is -2.31. The summed E-state index contributed by atoms with van der Waals surface area (Å²) in [6.45, 7) is 11.7. The predicted octanol–water partition coefficient (Wildman–Crippen LogP) is 2.94. The van der Waals surface area contributed by atoms with Crippen LogP contribution in [-0.4, -0.2) is 43.8 Å². The number of hydrogen-bond donors (Lipinski definition) is 2. The molecule has 0 aromatic rings. The second kappa shape index (κ2) is 13.2. The molecular formula is C19H34N2O5. The first-order chi connectivity index (χ1) is 12.3. The Hall–Kier alpha value is -2.05. The largest absolute Gasteiger partial charge is 0.459 e. The number of hydrogen-bond acceptors (Lipinski definition) is 5. The molecule has 0 aromatic heterocycles. The molecule has 0 radical (unpaired) electrons. The Morgan fingerprint density at radius 1 is 1.15 bits per heavy atom. The minimum atomic E-state index is -0.546.